The van der Waals surface area contributed by atoms with Gasteiger partial charge in [-0.25, -0.2) is 0 Å². The fourth-order valence-corrected chi connectivity index (χ4v) is 2.76. The Kier molecular flexibility index (Phi) is 4.71. The number of carboxylic acid groups (broad SMARTS) is 1. The quantitative estimate of drug-likeness (QED) is 0.782. The van der Waals surface area contributed by atoms with Crippen molar-refractivity contribution in [2.24, 2.45) is 0 Å². The molecule has 0 saturated carbocycles. The van der Waals surface area contributed by atoms with E-state index in [1.165, 1.54) is 0 Å². The van der Waals surface area contributed by atoms with Gasteiger partial charge < -0.3 is 14.9 Å². The monoisotopic (exact) mass is 313 g/mol. The van der Waals surface area contributed by atoms with Crippen molar-refractivity contribution in [1.29, 1.82) is 0 Å². The molecule has 0 unspecified atom stereocenters. The molecule has 3 rings (SSSR count). The van der Waals surface area contributed by atoms with E-state index in [0.717, 1.165) is 16.7 Å². The molecule has 0 amide bonds. The molecule has 3 atom stereocenters. The van der Waals surface area contributed by atoms with Crippen LogP contribution in [0, 0.1) is 0 Å². The standard InChI is InChI=1S/C18H19NO4/c20-17-15(10-19-16(17)18(21)22)23-11-12-5-4-8-14(9-12)13-6-2-1-3-7-13/h1-9,15-17,19-20H,10-11H2,(H,21,22)/t15-,16-,17+/m0/s1. The highest BCUT2D eigenvalue weighted by atomic mass is 16.5. The number of rotatable bonds is 5. The molecule has 2 aromatic rings. The van der Waals surface area contributed by atoms with E-state index >= 15 is 0 Å². The van der Waals surface area contributed by atoms with Crippen molar-refractivity contribution >= 4 is 5.97 Å². The molecule has 0 radical (unpaired) electrons. The molecule has 120 valence electrons. The summed E-state index contributed by atoms with van der Waals surface area (Å²) in [7, 11) is 0. The summed E-state index contributed by atoms with van der Waals surface area (Å²) < 4.78 is 5.70. The van der Waals surface area contributed by atoms with Gasteiger partial charge in [0.1, 0.15) is 12.1 Å². The highest BCUT2D eigenvalue weighted by molar-refractivity contribution is 5.75. The first-order valence-electron chi connectivity index (χ1n) is 7.55. The Hall–Kier alpha value is -2.21. The number of aliphatic carboxylic acids is 1. The van der Waals surface area contributed by atoms with Gasteiger partial charge >= 0.3 is 5.97 Å². The van der Waals surface area contributed by atoms with Crippen LogP contribution in [-0.2, 0) is 16.1 Å². The zero-order valence-corrected chi connectivity index (χ0v) is 12.6. The number of hydrogen-bond donors (Lipinski definition) is 3. The minimum Gasteiger partial charge on any atom is -0.480 e. The second kappa shape index (κ2) is 6.91. The van der Waals surface area contributed by atoms with Crippen LogP contribution in [-0.4, -0.2) is 41.0 Å². The molecule has 2 aromatic carbocycles. The molecule has 0 bridgehead atoms. The molecule has 1 aliphatic rings. The third kappa shape index (κ3) is 3.59. The normalized spacial score (nSPS) is 23.8. The molecule has 0 spiro atoms. The molecule has 1 heterocycles. The van der Waals surface area contributed by atoms with Crippen molar-refractivity contribution in [3.63, 3.8) is 0 Å². The van der Waals surface area contributed by atoms with Gasteiger partial charge in [-0.3, -0.25) is 10.1 Å². The van der Waals surface area contributed by atoms with Crippen LogP contribution >= 0.6 is 0 Å². The first kappa shape index (κ1) is 15.7. The number of carbonyl (C=O) groups is 1. The van der Waals surface area contributed by atoms with Crippen LogP contribution in [0.1, 0.15) is 5.56 Å². The Morgan fingerprint density at radius 2 is 1.87 bits per heavy atom. The Bertz CT molecular complexity index is 674. The van der Waals surface area contributed by atoms with Crippen molar-refractivity contribution in [2.45, 2.75) is 24.9 Å². The van der Waals surface area contributed by atoms with Gasteiger partial charge in [-0.15, -0.1) is 0 Å². The van der Waals surface area contributed by atoms with Crippen LogP contribution in [0.2, 0.25) is 0 Å². The van der Waals surface area contributed by atoms with Gasteiger partial charge in [0.2, 0.25) is 0 Å². The van der Waals surface area contributed by atoms with Crippen molar-refractivity contribution in [2.75, 3.05) is 6.54 Å². The number of hydrogen-bond acceptors (Lipinski definition) is 4. The van der Waals surface area contributed by atoms with E-state index in [9.17, 15) is 9.90 Å². The average Bonchev–Trinajstić information content (AvgIpc) is 2.95. The molecule has 0 aliphatic carbocycles. The molecular formula is C18H19NO4. The lowest BCUT2D eigenvalue weighted by Crippen LogP contribution is -2.40. The van der Waals surface area contributed by atoms with E-state index in [1.54, 1.807) is 0 Å². The lowest BCUT2D eigenvalue weighted by Gasteiger charge is -2.17. The predicted octanol–water partition coefficient (Wildman–Crippen LogP) is 1.66. The van der Waals surface area contributed by atoms with Crippen molar-refractivity contribution in [3.8, 4) is 11.1 Å². The van der Waals surface area contributed by atoms with Crippen LogP contribution in [0.15, 0.2) is 54.6 Å². The molecule has 23 heavy (non-hydrogen) atoms. The maximum Gasteiger partial charge on any atom is 0.323 e. The highest BCUT2D eigenvalue weighted by Crippen LogP contribution is 2.21. The summed E-state index contributed by atoms with van der Waals surface area (Å²) in [6.45, 7) is 0.660. The average molecular weight is 313 g/mol. The Morgan fingerprint density at radius 1 is 1.13 bits per heavy atom. The molecule has 5 heteroatoms. The molecule has 0 aromatic heterocycles. The van der Waals surface area contributed by atoms with Crippen LogP contribution < -0.4 is 5.32 Å². The lowest BCUT2D eigenvalue weighted by molar-refractivity contribution is -0.142. The SMILES string of the molecule is O=C(O)[C@H]1NC[C@H](OCc2cccc(-c3ccccc3)c2)[C@H]1O. The maximum absolute atomic E-state index is 11.0. The summed E-state index contributed by atoms with van der Waals surface area (Å²) in [6.07, 6.45) is -1.55. The van der Waals surface area contributed by atoms with Gasteiger partial charge in [0.15, 0.2) is 0 Å². The van der Waals surface area contributed by atoms with Gasteiger partial charge in [-0.2, -0.15) is 0 Å². The van der Waals surface area contributed by atoms with E-state index in [2.05, 4.69) is 5.32 Å². The predicted molar refractivity (Wildman–Crippen MR) is 85.9 cm³/mol. The van der Waals surface area contributed by atoms with Gasteiger partial charge in [-0.05, 0) is 22.8 Å². The summed E-state index contributed by atoms with van der Waals surface area (Å²) >= 11 is 0. The fraction of sp³-hybridized carbons (Fsp3) is 0.278. The smallest absolute Gasteiger partial charge is 0.323 e. The summed E-state index contributed by atoms with van der Waals surface area (Å²) in [5, 5.41) is 21.7. The maximum atomic E-state index is 11.0. The molecule has 5 nitrogen and oxygen atoms in total. The van der Waals surface area contributed by atoms with Gasteiger partial charge in [0.25, 0.3) is 0 Å². The van der Waals surface area contributed by atoms with E-state index in [1.807, 2.05) is 54.6 Å². The molecule has 1 fully saturated rings. The van der Waals surface area contributed by atoms with Crippen molar-refractivity contribution < 1.29 is 19.7 Å². The summed E-state index contributed by atoms with van der Waals surface area (Å²) in [4.78, 5) is 11.0. The first-order chi connectivity index (χ1) is 11.1. The number of aliphatic hydroxyl groups is 1. The number of ether oxygens (including phenoxy) is 1. The van der Waals surface area contributed by atoms with Crippen LogP contribution in [0.3, 0.4) is 0 Å². The zero-order chi connectivity index (χ0) is 16.2. The van der Waals surface area contributed by atoms with E-state index in [4.69, 9.17) is 9.84 Å². The molecular weight excluding hydrogens is 294 g/mol. The Balaban J connectivity index is 1.64. The second-order valence-electron chi connectivity index (χ2n) is 5.63. The van der Waals surface area contributed by atoms with Crippen molar-refractivity contribution in [1.82, 2.24) is 5.32 Å². The van der Waals surface area contributed by atoms with Gasteiger partial charge in [0, 0.05) is 6.54 Å². The number of aliphatic hydroxyl groups excluding tert-OH is 1. The minimum absolute atomic E-state index is 0.330. The fourth-order valence-electron chi connectivity index (χ4n) is 2.76. The molecule has 1 aliphatic heterocycles. The molecule has 3 N–H and O–H groups in total. The summed E-state index contributed by atoms with van der Waals surface area (Å²) in [5.74, 6) is -1.06. The van der Waals surface area contributed by atoms with E-state index < -0.39 is 24.2 Å². The Morgan fingerprint density at radius 3 is 2.57 bits per heavy atom. The van der Waals surface area contributed by atoms with Gasteiger partial charge in [0.05, 0.1) is 12.7 Å². The number of carboxylic acids is 1. The van der Waals surface area contributed by atoms with Crippen LogP contribution in [0.5, 0.6) is 0 Å². The highest BCUT2D eigenvalue weighted by Gasteiger charge is 2.39. The van der Waals surface area contributed by atoms with Gasteiger partial charge in [-0.1, -0.05) is 48.5 Å². The second-order valence-corrected chi connectivity index (χ2v) is 5.63. The number of benzene rings is 2. The topological polar surface area (TPSA) is 78.8 Å². The largest absolute Gasteiger partial charge is 0.480 e. The number of nitrogens with one attached hydrogen (secondary N) is 1. The van der Waals surface area contributed by atoms with E-state index in [-0.39, 0.29) is 0 Å². The van der Waals surface area contributed by atoms with Crippen LogP contribution in [0.4, 0.5) is 0 Å². The molecule has 1 saturated heterocycles. The minimum atomic E-state index is -1.06. The summed E-state index contributed by atoms with van der Waals surface area (Å²) in [5.41, 5.74) is 3.21. The van der Waals surface area contributed by atoms with Crippen molar-refractivity contribution in [3.05, 3.63) is 60.2 Å². The summed E-state index contributed by atoms with van der Waals surface area (Å²) in [6, 6.07) is 17.1. The Labute approximate surface area is 134 Å². The lowest BCUT2D eigenvalue weighted by atomic mass is 10.0. The van der Waals surface area contributed by atoms with Crippen LogP contribution in [0.25, 0.3) is 11.1 Å². The zero-order valence-electron chi connectivity index (χ0n) is 12.6. The third-order valence-electron chi connectivity index (χ3n) is 4.03. The first-order valence-corrected chi connectivity index (χ1v) is 7.55. The van der Waals surface area contributed by atoms with E-state index in [0.29, 0.717) is 13.2 Å². The third-order valence-corrected chi connectivity index (χ3v) is 4.03.